The van der Waals surface area contributed by atoms with E-state index in [0.717, 1.165) is 5.56 Å². The van der Waals surface area contributed by atoms with Crippen molar-refractivity contribution in [1.29, 1.82) is 0 Å². The summed E-state index contributed by atoms with van der Waals surface area (Å²) >= 11 is 0. The molecule has 1 aliphatic rings. The monoisotopic (exact) mass is 233 g/mol. The van der Waals surface area contributed by atoms with Crippen molar-refractivity contribution in [3.05, 3.63) is 29.7 Å². The zero-order chi connectivity index (χ0) is 12.0. The molecule has 17 heavy (non-hydrogen) atoms. The number of nitrogens with zero attached hydrogens (tertiary/aromatic N) is 3. The van der Waals surface area contributed by atoms with Crippen LogP contribution in [0.25, 0.3) is 5.65 Å². The Morgan fingerprint density at radius 1 is 1.59 bits per heavy atom. The maximum atomic E-state index is 11.3. The highest BCUT2D eigenvalue weighted by Crippen LogP contribution is 2.30. The lowest BCUT2D eigenvalue weighted by atomic mass is 9.85. The molecule has 0 saturated carbocycles. The van der Waals surface area contributed by atoms with Crippen molar-refractivity contribution in [3.63, 3.8) is 0 Å². The minimum absolute atomic E-state index is 0.137. The molecule has 0 radical (unpaired) electrons. The Kier molecular flexibility index (Phi) is 1.97. The van der Waals surface area contributed by atoms with E-state index in [0.29, 0.717) is 11.5 Å². The van der Waals surface area contributed by atoms with Crippen LogP contribution in [-0.2, 0) is 14.9 Å². The van der Waals surface area contributed by atoms with E-state index in [2.05, 4.69) is 10.1 Å². The van der Waals surface area contributed by atoms with Crippen molar-refractivity contribution in [2.75, 3.05) is 13.2 Å². The first-order valence-electron chi connectivity index (χ1n) is 5.26. The minimum Gasteiger partial charge on any atom is -0.480 e. The lowest BCUT2D eigenvalue weighted by Gasteiger charge is -2.34. The molecule has 88 valence electrons. The largest absolute Gasteiger partial charge is 0.480 e. The number of carbonyl (C=O) groups is 1. The molecule has 0 atom stereocenters. The molecule has 1 N–H and O–H groups in total. The van der Waals surface area contributed by atoms with E-state index in [9.17, 15) is 9.90 Å². The predicted octanol–water partition coefficient (Wildman–Crippen LogP) is 0.390. The van der Waals surface area contributed by atoms with Gasteiger partial charge in [0, 0.05) is 6.20 Å². The average Bonchev–Trinajstić information content (AvgIpc) is 2.57. The average molecular weight is 233 g/mol. The molecule has 3 rings (SSSR count). The van der Waals surface area contributed by atoms with Crippen LogP contribution in [0.4, 0.5) is 0 Å². The van der Waals surface area contributed by atoms with E-state index < -0.39 is 11.4 Å². The van der Waals surface area contributed by atoms with Crippen LogP contribution in [0.5, 0.6) is 0 Å². The number of aliphatic carboxylic acids is 1. The van der Waals surface area contributed by atoms with Gasteiger partial charge < -0.3 is 9.84 Å². The van der Waals surface area contributed by atoms with Crippen LogP contribution < -0.4 is 0 Å². The topological polar surface area (TPSA) is 76.7 Å². The van der Waals surface area contributed by atoms with Crippen molar-refractivity contribution >= 4 is 11.6 Å². The number of aromatic nitrogens is 3. The maximum absolute atomic E-state index is 11.3. The molecule has 6 heteroatoms. The molecule has 1 aliphatic heterocycles. The second-order valence-electron chi connectivity index (χ2n) is 4.32. The molecular weight excluding hydrogens is 222 g/mol. The molecule has 2 aromatic heterocycles. The fraction of sp³-hybridized carbons (Fsp3) is 0.364. The number of ether oxygens (including phenoxy) is 1. The highest BCUT2D eigenvalue weighted by Gasteiger charge is 2.51. The van der Waals surface area contributed by atoms with E-state index >= 15 is 0 Å². The first-order valence-corrected chi connectivity index (χ1v) is 5.26. The van der Waals surface area contributed by atoms with E-state index in [4.69, 9.17) is 4.74 Å². The summed E-state index contributed by atoms with van der Waals surface area (Å²) in [5.41, 5.74) is 0.651. The van der Waals surface area contributed by atoms with E-state index in [1.807, 2.05) is 19.1 Å². The zero-order valence-corrected chi connectivity index (χ0v) is 9.25. The zero-order valence-electron chi connectivity index (χ0n) is 9.25. The molecule has 0 aromatic carbocycles. The molecule has 2 aromatic rings. The van der Waals surface area contributed by atoms with Crippen molar-refractivity contribution in [2.24, 2.45) is 0 Å². The Hall–Kier alpha value is -1.95. The van der Waals surface area contributed by atoms with Crippen LogP contribution in [0, 0.1) is 6.92 Å². The number of fused-ring (bicyclic) bond motifs is 1. The summed E-state index contributed by atoms with van der Waals surface area (Å²) in [5, 5.41) is 13.5. The predicted molar refractivity (Wildman–Crippen MR) is 57.9 cm³/mol. The molecule has 0 aliphatic carbocycles. The number of carboxylic acids is 1. The molecule has 1 fully saturated rings. The number of rotatable bonds is 2. The fourth-order valence-electron chi connectivity index (χ4n) is 1.84. The van der Waals surface area contributed by atoms with Gasteiger partial charge in [0.1, 0.15) is 0 Å². The second kappa shape index (κ2) is 3.27. The van der Waals surface area contributed by atoms with Gasteiger partial charge in [-0.1, -0.05) is 0 Å². The van der Waals surface area contributed by atoms with Gasteiger partial charge in [-0.15, -0.1) is 5.10 Å². The summed E-state index contributed by atoms with van der Waals surface area (Å²) in [6.45, 7) is 2.23. The number of carboxylic acid groups (broad SMARTS) is 1. The lowest BCUT2D eigenvalue weighted by Crippen LogP contribution is -2.53. The Morgan fingerprint density at radius 2 is 2.35 bits per heavy atom. The standard InChI is InChI=1S/C11H11N3O3/c1-7-2-3-14-8(4-7)12-9(13-14)11(10(15)16)5-17-6-11/h2-4H,5-6H2,1H3,(H,15,16). The summed E-state index contributed by atoms with van der Waals surface area (Å²) < 4.78 is 6.59. The Balaban J connectivity index is 2.14. The van der Waals surface area contributed by atoms with Crippen LogP contribution in [0.3, 0.4) is 0 Å². The lowest BCUT2D eigenvalue weighted by molar-refractivity contribution is -0.164. The molecule has 3 heterocycles. The number of hydrogen-bond acceptors (Lipinski definition) is 4. The van der Waals surface area contributed by atoms with Crippen LogP contribution in [-0.4, -0.2) is 38.9 Å². The van der Waals surface area contributed by atoms with Crippen LogP contribution in [0.1, 0.15) is 11.4 Å². The van der Waals surface area contributed by atoms with E-state index in [1.165, 1.54) is 0 Å². The number of hydrogen-bond donors (Lipinski definition) is 1. The van der Waals surface area contributed by atoms with Gasteiger partial charge in [-0.05, 0) is 24.6 Å². The molecule has 0 unspecified atom stereocenters. The van der Waals surface area contributed by atoms with Gasteiger partial charge in [-0.3, -0.25) is 4.79 Å². The summed E-state index contributed by atoms with van der Waals surface area (Å²) in [6, 6.07) is 3.77. The van der Waals surface area contributed by atoms with Crippen molar-refractivity contribution in [2.45, 2.75) is 12.3 Å². The van der Waals surface area contributed by atoms with Crippen LogP contribution in [0.2, 0.25) is 0 Å². The normalized spacial score (nSPS) is 17.9. The quantitative estimate of drug-likeness (QED) is 0.812. The molecular formula is C11H11N3O3. The van der Waals surface area contributed by atoms with Gasteiger partial charge >= 0.3 is 5.97 Å². The summed E-state index contributed by atoms with van der Waals surface area (Å²) in [5.74, 6) is -0.613. The highest BCUT2D eigenvalue weighted by atomic mass is 16.5. The Morgan fingerprint density at radius 3 is 2.94 bits per heavy atom. The molecule has 0 amide bonds. The SMILES string of the molecule is Cc1ccn2nc(C3(C(=O)O)COC3)nc2c1. The maximum Gasteiger partial charge on any atom is 0.322 e. The Bertz CT molecular complexity index is 601. The van der Waals surface area contributed by atoms with Crippen molar-refractivity contribution in [1.82, 2.24) is 14.6 Å². The van der Waals surface area contributed by atoms with E-state index in [1.54, 1.807) is 10.7 Å². The van der Waals surface area contributed by atoms with E-state index in [-0.39, 0.29) is 13.2 Å². The second-order valence-corrected chi connectivity index (χ2v) is 4.32. The smallest absolute Gasteiger partial charge is 0.322 e. The third-order valence-electron chi connectivity index (χ3n) is 3.03. The van der Waals surface area contributed by atoms with Gasteiger partial charge in [0.2, 0.25) is 0 Å². The van der Waals surface area contributed by atoms with Gasteiger partial charge in [-0.2, -0.15) is 0 Å². The highest BCUT2D eigenvalue weighted by molar-refractivity contribution is 5.81. The van der Waals surface area contributed by atoms with Crippen molar-refractivity contribution in [3.8, 4) is 0 Å². The summed E-state index contributed by atoms with van der Waals surface area (Å²) in [6.07, 6.45) is 1.77. The van der Waals surface area contributed by atoms with Crippen molar-refractivity contribution < 1.29 is 14.6 Å². The minimum atomic E-state index is -1.07. The van der Waals surface area contributed by atoms with Gasteiger partial charge in [0.25, 0.3) is 0 Å². The Labute approximate surface area is 96.8 Å². The number of pyridine rings is 1. The van der Waals surface area contributed by atoms with Gasteiger partial charge in [0.15, 0.2) is 16.9 Å². The molecule has 6 nitrogen and oxygen atoms in total. The molecule has 0 bridgehead atoms. The molecule has 0 spiro atoms. The van der Waals surface area contributed by atoms with Gasteiger partial charge in [-0.25, -0.2) is 9.50 Å². The number of aryl methyl sites for hydroxylation is 1. The third kappa shape index (κ3) is 1.34. The van der Waals surface area contributed by atoms with Crippen LogP contribution in [0.15, 0.2) is 18.3 Å². The first kappa shape index (κ1) is 10.2. The summed E-state index contributed by atoms with van der Waals surface area (Å²) in [7, 11) is 0. The molecule has 1 saturated heterocycles. The van der Waals surface area contributed by atoms with Gasteiger partial charge in [0.05, 0.1) is 13.2 Å². The third-order valence-corrected chi connectivity index (χ3v) is 3.03. The van der Waals surface area contributed by atoms with Crippen LogP contribution >= 0.6 is 0 Å². The summed E-state index contributed by atoms with van der Waals surface area (Å²) in [4.78, 5) is 15.6. The fourth-order valence-corrected chi connectivity index (χ4v) is 1.84. The first-order chi connectivity index (χ1) is 8.12.